The molecule has 0 bridgehead atoms. The van der Waals surface area contributed by atoms with Gasteiger partial charge in [0.15, 0.2) is 0 Å². The standard InChI is InChI=1S/2C21H17.C2H6Si.2ClH.Zr/c2*1-2-15-11-12-17-8-4-6-10-19(17)21(15)20-14-13-16-7-3-5-9-18(16)20;1-3-2;;;/h2*3-14H,2H2,1H3;1-2H3;2*1H;/q2*-1;;;;+2/p-2. The van der Waals surface area contributed by atoms with E-state index in [2.05, 4.69) is 173 Å². The van der Waals surface area contributed by atoms with Crippen LogP contribution in [0.4, 0.5) is 0 Å². The molecule has 8 rings (SSSR count). The van der Waals surface area contributed by atoms with Gasteiger partial charge in [-0.15, -0.1) is 36.4 Å². The first-order valence-electron chi connectivity index (χ1n) is 16.7. The van der Waals surface area contributed by atoms with Crippen molar-refractivity contribution < 1.29 is 18.0 Å². The summed E-state index contributed by atoms with van der Waals surface area (Å²) in [7, 11) is 11.2. The number of hydrogen-bond donors (Lipinski definition) is 0. The third-order valence-electron chi connectivity index (χ3n) is 9.07. The van der Waals surface area contributed by atoms with E-state index in [1.807, 2.05) is 0 Å². The number of benzene rings is 6. The number of aryl methyl sites for hydroxylation is 2. The Morgan fingerprint density at radius 1 is 0.479 bits per heavy atom. The Balaban J connectivity index is 0.000000144. The zero-order valence-corrected chi connectivity index (χ0v) is 33.0. The SMILES string of the molecule is CCc1ccc2ccccc2c1-[c-]1ccc2ccccc21.CCc1ccc2ccccc2c1-[c-]1ccc2ccccc21.C[Si](C)=[Zr]([Cl])[Cl]. The van der Waals surface area contributed by atoms with Crippen LogP contribution in [0.15, 0.2) is 146 Å². The van der Waals surface area contributed by atoms with Crippen LogP contribution in [0, 0.1) is 0 Å². The topological polar surface area (TPSA) is 0 Å². The summed E-state index contributed by atoms with van der Waals surface area (Å²) in [5.74, 6) is 0. The molecule has 0 aliphatic carbocycles. The molecule has 0 N–H and O–H groups in total. The van der Waals surface area contributed by atoms with Crippen LogP contribution >= 0.6 is 17.0 Å². The molecule has 0 radical (unpaired) electrons. The van der Waals surface area contributed by atoms with Gasteiger partial charge in [-0.2, -0.15) is 0 Å². The second-order valence-corrected chi connectivity index (χ2v) is 35.3. The quantitative estimate of drug-likeness (QED) is 0.124. The monoisotopic (exact) mass is 756 g/mol. The maximum atomic E-state index is 5.62. The van der Waals surface area contributed by atoms with Crippen molar-refractivity contribution in [3.05, 3.63) is 157 Å². The zero-order chi connectivity index (χ0) is 33.6. The predicted octanol–water partition coefficient (Wildman–Crippen LogP) is 14.0. The normalized spacial score (nSPS) is 10.9. The van der Waals surface area contributed by atoms with E-state index in [0.717, 1.165) is 12.8 Å². The second kappa shape index (κ2) is 16.0. The molecule has 0 unspecified atom stereocenters. The number of hydrogen-bond acceptors (Lipinski definition) is 0. The van der Waals surface area contributed by atoms with Gasteiger partial charge in [-0.1, -0.05) is 202 Å². The molecular formula is C44H40Cl2SiZr-2. The van der Waals surface area contributed by atoms with Crippen LogP contribution in [0.5, 0.6) is 0 Å². The van der Waals surface area contributed by atoms with Crippen LogP contribution in [0.1, 0.15) is 25.0 Å². The minimum atomic E-state index is -1.65. The van der Waals surface area contributed by atoms with Crippen molar-refractivity contribution in [1.29, 1.82) is 0 Å². The fourth-order valence-corrected chi connectivity index (χ4v) is 6.60. The third-order valence-corrected chi connectivity index (χ3v) is 28.8. The Morgan fingerprint density at radius 3 is 1.21 bits per heavy atom. The molecule has 8 aromatic rings. The molecule has 0 saturated heterocycles. The minimum absolute atomic E-state index is 0.224. The molecular weight excluding hydrogens is 719 g/mol. The molecule has 0 aliphatic heterocycles. The molecule has 0 nitrogen and oxygen atoms in total. The summed E-state index contributed by atoms with van der Waals surface area (Å²) in [6.07, 6.45) is 2.11. The Kier molecular flexibility index (Phi) is 11.5. The molecule has 8 aromatic carbocycles. The van der Waals surface area contributed by atoms with Gasteiger partial charge in [-0.25, -0.2) is 0 Å². The Morgan fingerprint density at radius 2 is 0.833 bits per heavy atom. The molecule has 0 heterocycles. The zero-order valence-electron chi connectivity index (χ0n) is 28.0. The van der Waals surface area contributed by atoms with Gasteiger partial charge in [0.1, 0.15) is 0 Å². The average molecular weight is 759 g/mol. The number of rotatable bonds is 4. The van der Waals surface area contributed by atoms with Crippen LogP contribution < -0.4 is 0 Å². The van der Waals surface area contributed by atoms with E-state index < -0.39 is 18.0 Å². The summed E-state index contributed by atoms with van der Waals surface area (Å²) >= 11 is -1.65. The van der Waals surface area contributed by atoms with Crippen molar-refractivity contribution >= 4 is 65.5 Å². The van der Waals surface area contributed by atoms with Crippen LogP contribution in [0.25, 0.3) is 65.3 Å². The number of halogens is 2. The number of fused-ring (bicyclic) bond motifs is 4. The van der Waals surface area contributed by atoms with E-state index >= 15 is 0 Å². The summed E-state index contributed by atoms with van der Waals surface area (Å²) in [5, 5.41) is 10.7. The van der Waals surface area contributed by atoms with Gasteiger partial charge < -0.3 is 0 Å². The maximum absolute atomic E-state index is 5.62. The molecule has 4 heteroatoms. The fraction of sp³-hybridized carbons (Fsp3) is 0.136. The van der Waals surface area contributed by atoms with E-state index in [0.29, 0.717) is 0 Å². The summed E-state index contributed by atoms with van der Waals surface area (Å²) in [6, 6.07) is 52.7. The van der Waals surface area contributed by atoms with Gasteiger partial charge in [0.25, 0.3) is 0 Å². The molecule has 0 spiro atoms. The van der Waals surface area contributed by atoms with E-state index in [1.54, 1.807) is 0 Å². The average Bonchev–Trinajstić information content (AvgIpc) is 3.76. The van der Waals surface area contributed by atoms with Gasteiger partial charge in [0.2, 0.25) is 0 Å². The van der Waals surface area contributed by atoms with Crippen molar-refractivity contribution in [2.75, 3.05) is 0 Å². The van der Waals surface area contributed by atoms with E-state index in [-0.39, 0.29) is 5.43 Å². The van der Waals surface area contributed by atoms with Crippen LogP contribution in [-0.4, -0.2) is 5.43 Å². The predicted molar refractivity (Wildman–Crippen MR) is 213 cm³/mol. The summed E-state index contributed by atoms with van der Waals surface area (Å²) in [6.45, 7) is 8.80. The van der Waals surface area contributed by atoms with Crippen LogP contribution in [0.3, 0.4) is 0 Å². The van der Waals surface area contributed by atoms with E-state index in [9.17, 15) is 0 Å². The Bertz CT molecular complexity index is 2200. The van der Waals surface area contributed by atoms with Crippen molar-refractivity contribution in [2.24, 2.45) is 0 Å². The van der Waals surface area contributed by atoms with Crippen molar-refractivity contribution in [2.45, 2.75) is 39.8 Å². The summed E-state index contributed by atoms with van der Waals surface area (Å²) in [4.78, 5) is 0. The molecule has 240 valence electrons. The molecule has 0 saturated carbocycles. The summed E-state index contributed by atoms with van der Waals surface area (Å²) in [5.41, 5.74) is 8.14. The van der Waals surface area contributed by atoms with Gasteiger partial charge in [0, 0.05) is 0 Å². The van der Waals surface area contributed by atoms with Crippen molar-refractivity contribution in [3.63, 3.8) is 0 Å². The van der Waals surface area contributed by atoms with Gasteiger partial charge in [-0.05, 0) is 10.8 Å². The molecule has 0 fully saturated rings. The van der Waals surface area contributed by atoms with Gasteiger partial charge in [-0.3, -0.25) is 0 Å². The van der Waals surface area contributed by atoms with E-state index in [1.165, 1.54) is 76.5 Å². The molecule has 0 amide bonds. The van der Waals surface area contributed by atoms with Crippen molar-refractivity contribution in [3.8, 4) is 22.3 Å². The fourth-order valence-electron chi connectivity index (χ4n) is 6.60. The van der Waals surface area contributed by atoms with E-state index in [4.69, 9.17) is 17.0 Å². The first-order chi connectivity index (χ1) is 23.4. The first-order valence-corrected chi connectivity index (χ1v) is 29.2. The van der Waals surface area contributed by atoms with Crippen molar-refractivity contribution in [1.82, 2.24) is 0 Å². The third kappa shape index (κ3) is 7.34. The molecule has 0 atom stereocenters. The molecule has 48 heavy (non-hydrogen) atoms. The molecule has 0 aromatic heterocycles. The Hall–Kier alpha value is -3.26. The van der Waals surface area contributed by atoms with Crippen LogP contribution in [-0.2, 0) is 30.8 Å². The van der Waals surface area contributed by atoms with Gasteiger partial charge in [0.05, 0.1) is 0 Å². The first kappa shape index (κ1) is 34.6. The van der Waals surface area contributed by atoms with Gasteiger partial charge >= 0.3 is 53.5 Å². The van der Waals surface area contributed by atoms with Crippen LogP contribution in [0.2, 0.25) is 13.1 Å². The summed E-state index contributed by atoms with van der Waals surface area (Å²) < 4.78 is 0. The Labute approximate surface area is 300 Å². The molecule has 0 aliphatic rings. The second-order valence-electron chi connectivity index (χ2n) is 12.3.